The van der Waals surface area contributed by atoms with Gasteiger partial charge in [-0.2, -0.15) is 5.26 Å². The molecule has 2 fully saturated rings. The Bertz CT molecular complexity index is 731. The van der Waals surface area contributed by atoms with Crippen LogP contribution in [0, 0.1) is 11.3 Å². The average molecular weight is 358 g/mol. The minimum Gasteiger partial charge on any atom is -0.465 e. The van der Waals surface area contributed by atoms with Crippen molar-refractivity contribution in [1.29, 1.82) is 5.26 Å². The van der Waals surface area contributed by atoms with E-state index in [9.17, 15) is 9.59 Å². The number of nitrogens with zero attached hydrogens (tertiary/aromatic N) is 4. The first-order chi connectivity index (χ1) is 12.6. The lowest BCUT2D eigenvalue weighted by atomic mass is 9.89. The van der Waals surface area contributed by atoms with Crippen molar-refractivity contribution in [2.45, 2.75) is 50.6 Å². The van der Waals surface area contributed by atoms with E-state index in [1.807, 2.05) is 18.2 Å². The Hall–Kier alpha value is -2.33. The van der Waals surface area contributed by atoms with Crippen LogP contribution >= 0.6 is 0 Å². The second-order valence-electron chi connectivity index (χ2n) is 7.22. The predicted octanol–water partition coefficient (Wildman–Crippen LogP) is 2.08. The third kappa shape index (κ3) is 4.07. The molecule has 26 heavy (non-hydrogen) atoms. The van der Waals surface area contributed by atoms with Crippen molar-refractivity contribution in [3.63, 3.8) is 0 Å². The van der Waals surface area contributed by atoms with Crippen molar-refractivity contribution >= 4 is 6.09 Å². The molecule has 140 valence electrons. The Labute approximate surface area is 153 Å². The van der Waals surface area contributed by atoms with Gasteiger partial charge >= 0.3 is 6.09 Å². The molecule has 0 bridgehead atoms. The zero-order chi connectivity index (χ0) is 18.5. The normalized spacial score (nSPS) is 22.6. The van der Waals surface area contributed by atoms with Gasteiger partial charge in [-0.1, -0.05) is 6.07 Å². The topological polar surface area (TPSA) is 89.6 Å². The SMILES string of the molecule is N#CCn1cccc(C2CCN(C3CCCN(C(=O)O)CC3)CC2)c1=O. The van der Waals surface area contributed by atoms with Gasteiger partial charge in [0.15, 0.2) is 0 Å². The van der Waals surface area contributed by atoms with E-state index in [1.54, 1.807) is 6.20 Å². The lowest BCUT2D eigenvalue weighted by molar-refractivity contribution is 0.131. The van der Waals surface area contributed by atoms with E-state index in [0.29, 0.717) is 19.1 Å². The van der Waals surface area contributed by atoms with Crippen LogP contribution in [-0.4, -0.2) is 57.8 Å². The molecule has 3 heterocycles. The van der Waals surface area contributed by atoms with Gasteiger partial charge in [0.05, 0.1) is 6.07 Å². The molecule has 7 nitrogen and oxygen atoms in total. The smallest absolute Gasteiger partial charge is 0.407 e. The summed E-state index contributed by atoms with van der Waals surface area (Å²) in [6, 6.07) is 6.22. The molecule has 7 heteroatoms. The molecule has 1 unspecified atom stereocenters. The van der Waals surface area contributed by atoms with E-state index in [0.717, 1.165) is 50.8 Å². The van der Waals surface area contributed by atoms with Crippen molar-refractivity contribution in [3.05, 3.63) is 34.2 Å². The van der Waals surface area contributed by atoms with E-state index < -0.39 is 6.09 Å². The summed E-state index contributed by atoms with van der Waals surface area (Å²) in [6.07, 6.45) is 5.56. The van der Waals surface area contributed by atoms with Crippen molar-refractivity contribution in [2.75, 3.05) is 26.2 Å². The van der Waals surface area contributed by atoms with Crippen molar-refractivity contribution in [2.24, 2.45) is 0 Å². The van der Waals surface area contributed by atoms with E-state index in [2.05, 4.69) is 4.90 Å². The van der Waals surface area contributed by atoms with Gasteiger partial charge in [0.25, 0.3) is 5.56 Å². The van der Waals surface area contributed by atoms with Gasteiger partial charge < -0.3 is 19.5 Å². The quantitative estimate of drug-likeness (QED) is 0.893. The van der Waals surface area contributed by atoms with Gasteiger partial charge in [-0.05, 0) is 57.2 Å². The highest BCUT2D eigenvalue weighted by atomic mass is 16.4. The fourth-order valence-corrected chi connectivity index (χ4v) is 4.28. The third-order valence-electron chi connectivity index (χ3n) is 5.74. The van der Waals surface area contributed by atoms with Crippen LogP contribution in [0.25, 0.3) is 0 Å². The minimum absolute atomic E-state index is 0.0425. The number of likely N-dealkylation sites (tertiary alicyclic amines) is 2. The van der Waals surface area contributed by atoms with Crippen LogP contribution in [0.4, 0.5) is 4.79 Å². The van der Waals surface area contributed by atoms with Crippen LogP contribution in [-0.2, 0) is 6.54 Å². The summed E-state index contributed by atoms with van der Waals surface area (Å²) in [5.41, 5.74) is 0.777. The second-order valence-corrected chi connectivity index (χ2v) is 7.22. The number of rotatable bonds is 3. The number of piperidine rings is 1. The number of carboxylic acid groups (broad SMARTS) is 1. The summed E-state index contributed by atoms with van der Waals surface area (Å²) < 4.78 is 1.48. The average Bonchev–Trinajstić information content (AvgIpc) is 2.90. The molecule has 0 saturated carbocycles. The zero-order valence-corrected chi connectivity index (χ0v) is 15.0. The Morgan fingerprint density at radius 1 is 1.19 bits per heavy atom. The fraction of sp³-hybridized carbons (Fsp3) is 0.632. The van der Waals surface area contributed by atoms with Crippen LogP contribution in [0.1, 0.15) is 43.6 Å². The van der Waals surface area contributed by atoms with Crippen LogP contribution in [0.2, 0.25) is 0 Å². The van der Waals surface area contributed by atoms with Gasteiger partial charge in [0.1, 0.15) is 6.54 Å². The Balaban J connectivity index is 1.60. The molecule has 1 amide bonds. The molecule has 2 saturated heterocycles. The van der Waals surface area contributed by atoms with E-state index >= 15 is 0 Å². The molecule has 2 aliphatic heterocycles. The van der Waals surface area contributed by atoms with Crippen LogP contribution in [0.3, 0.4) is 0 Å². The Morgan fingerprint density at radius 3 is 2.65 bits per heavy atom. The molecular formula is C19H26N4O3. The monoisotopic (exact) mass is 358 g/mol. The van der Waals surface area contributed by atoms with Gasteiger partial charge in [0.2, 0.25) is 0 Å². The number of nitriles is 1. The lowest BCUT2D eigenvalue weighted by Gasteiger charge is -2.37. The van der Waals surface area contributed by atoms with Crippen LogP contribution in [0.15, 0.2) is 23.1 Å². The first-order valence-electron chi connectivity index (χ1n) is 9.38. The molecule has 1 atom stereocenters. The summed E-state index contributed by atoms with van der Waals surface area (Å²) in [5, 5.41) is 18.0. The molecular weight excluding hydrogens is 332 g/mol. The number of hydrogen-bond donors (Lipinski definition) is 1. The molecule has 0 spiro atoms. The highest BCUT2D eigenvalue weighted by Crippen LogP contribution is 2.29. The second kappa shape index (κ2) is 8.37. The van der Waals surface area contributed by atoms with Crippen LogP contribution in [0.5, 0.6) is 0 Å². The largest absolute Gasteiger partial charge is 0.465 e. The molecule has 0 radical (unpaired) electrons. The third-order valence-corrected chi connectivity index (χ3v) is 5.74. The first kappa shape index (κ1) is 18.5. The predicted molar refractivity (Wildman–Crippen MR) is 97.1 cm³/mol. The number of amides is 1. The highest BCUT2D eigenvalue weighted by molar-refractivity contribution is 5.64. The molecule has 1 N–H and O–H groups in total. The molecule has 0 aliphatic carbocycles. The van der Waals surface area contributed by atoms with Gasteiger partial charge in [-0.15, -0.1) is 0 Å². The Morgan fingerprint density at radius 2 is 1.96 bits per heavy atom. The standard InChI is InChI=1S/C19H26N4O3/c20-8-14-22-9-2-4-17(18(22)24)15-5-11-21(12-6-15)16-3-1-10-23(13-7-16)19(25)26/h2,4,9,15-16H,1,3,5-7,10-14H2,(H,25,26). The first-order valence-corrected chi connectivity index (χ1v) is 9.38. The van der Waals surface area contributed by atoms with E-state index in [1.165, 1.54) is 9.47 Å². The Kier molecular flexibility index (Phi) is 5.94. The summed E-state index contributed by atoms with van der Waals surface area (Å²) in [5.74, 6) is 0.242. The number of pyridine rings is 1. The molecule has 1 aromatic rings. The summed E-state index contributed by atoms with van der Waals surface area (Å²) in [6.45, 7) is 3.21. The lowest BCUT2D eigenvalue weighted by Crippen LogP contribution is -2.42. The van der Waals surface area contributed by atoms with E-state index in [-0.39, 0.29) is 18.0 Å². The van der Waals surface area contributed by atoms with Crippen molar-refractivity contribution in [1.82, 2.24) is 14.4 Å². The summed E-state index contributed by atoms with van der Waals surface area (Å²) in [7, 11) is 0. The van der Waals surface area contributed by atoms with Gasteiger partial charge in [-0.3, -0.25) is 4.79 Å². The van der Waals surface area contributed by atoms with Crippen molar-refractivity contribution in [3.8, 4) is 6.07 Å². The van der Waals surface area contributed by atoms with Crippen LogP contribution < -0.4 is 5.56 Å². The minimum atomic E-state index is -0.818. The molecule has 2 aliphatic rings. The summed E-state index contributed by atoms with van der Waals surface area (Å²) in [4.78, 5) is 27.7. The number of hydrogen-bond acceptors (Lipinski definition) is 4. The maximum Gasteiger partial charge on any atom is 0.407 e. The highest BCUT2D eigenvalue weighted by Gasteiger charge is 2.29. The maximum atomic E-state index is 12.5. The number of carbonyl (C=O) groups is 1. The fourth-order valence-electron chi connectivity index (χ4n) is 4.28. The zero-order valence-electron chi connectivity index (χ0n) is 15.0. The van der Waals surface area contributed by atoms with E-state index in [4.69, 9.17) is 10.4 Å². The molecule has 1 aromatic heterocycles. The van der Waals surface area contributed by atoms with Gasteiger partial charge in [-0.25, -0.2) is 4.79 Å². The number of aromatic nitrogens is 1. The van der Waals surface area contributed by atoms with Crippen molar-refractivity contribution < 1.29 is 9.90 Å². The maximum absolute atomic E-state index is 12.5. The molecule has 0 aromatic carbocycles. The molecule has 3 rings (SSSR count). The van der Waals surface area contributed by atoms with Gasteiger partial charge in [0, 0.05) is 30.9 Å². The summed E-state index contributed by atoms with van der Waals surface area (Å²) >= 11 is 0.